The fraction of sp³-hybridized carbons (Fsp3) is 0.353. The van der Waals surface area contributed by atoms with Crippen LogP contribution in [-0.2, 0) is 22.3 Å². The molecule has 1 aromatic carbocycles. The second-order valence-electron chi connectivity index (χ2n) is 5.92. The highest BCUT2D eigenvalue weighted by Gasteiger charge is 2.27. The van der Waals surface area contributed by atoms with Crippen LogP contribution < -0.4 is 0 Å². The highest BCUT2D eigenvalue weighted by molar-refractivity contribution is 7.88. The molecule has 128 valence electrons. The van der Waals surface area contributed by atoms with Gasteiger partial charge in [0.2, 0.25) is 10.0 Å². The summed E-state index contributed by atoms with van der Waals surface area (Å²) >= 11 is 0. The normalized spacial score (nSPS) is 17.0. The van der Waals surface area contributed by atoms with Crippen molar-refractivity contribution >= 4 is 10.0 Å². The van der Waals surface area contributed by atoms with Crippen LogP contribution in [0.25, 0.3) is 0 Å². The Balaban J connectivity index is 1.56. The molecule has 0 spiro atoms. The first-order chi connectivity index (χ1) is 11.5. The molecule has 0 atom stereocenters. The third-order valence-electron chi connectivity index (χ3n) is 4.12. The third-order valence-corrected chi connectivity index (χ3v) is 5.97. The van der Waals surface area contributed by atoms with Gasteiger partial charge < -0.3 is 0 Å². The van der Waals surface area contributed by atoms with Crippen molar-refractivity contribution in [2.24, 2.45) is 0 Å². The number of pyridine rings is 1. The molecule has 1 aliphatic rings. The lowest BCUT2D eigenvalue weighted by Crippen LogP contribution is -2.48. The van der Waals surface area contributed by atoms with Gasteiger partial charge in [-0.1, -0.05) is 18.2 Å². The average molecular weight is 349 g/mol. The molecule has 5 nitrogen and oxygen atoms in total. The van der Waals surface area contributed by atoms with Gasteiger partial charge in [0.15, 0.2) is 0 Å². The molecular formula is C17H20FN3O2S. The van der Waals surface area contributed by atoms with Crippen LogP contribution in [0.2, 0.25) is 0 Å². The fourth-order valence-corrected chi connectivity index (χ4v) is 4.31. The molecule has 0 aliphatic carbocycles. The molecule has 1 aromatic heterocycles. The predicted octanol–water partition coefficient (Wildman–Crippen LogP) is 1.87. The average Bonchev–Trinajstić information content (AvgIpc) is 2.58. The predicted molar refractivity (Wildman–Crippen MR) is 90.1 cm³/mol. The van der Waals surface area contributed by atoms with Crippen molar-refractivity contribution in [3.05, 3.63) is 65.7 Å². The molecule has 2 aromatic rings. The lowest BCUT2D eigenvalue weighted by atomic mass is 10.2. The van der Waals surface area contributed by atoms with Gasteiger partial charge in [0.05, 0.1) is 5.75 Å². The topological polar surface area (TPSA) is 53.5 Å². The van der Waals surface area contributed by atoms with E-state index in [9.17, 15) is 12.8 Å². The first-order valence-corrected chi connectivity index (χ1v) is 9.47. The number of aromatic nitrogens is 1. The van der Waals surface area contributed by atoms with E-state index < -0.39 is 10.0 Å². The van der Waals surface area contributed by atoms with Crippen molar-refractivity contribution in [3.8, 4) is 0 Å². The van der Waals surface area contributed by atoms with Gasteiger partial charge >= 0.3 is 0 Å². The standard InChI is InChI=1S/C17H20FN3O2S/c18-17-5-3-15(4-6-17)14-24(22,23)21-10-8-20(9-11-21)13-16-2-1-7-19-12-16/h1-7,12H,8-11,13-14H2. The molecule has 0 saturated carbocycles. The van der Waals surface area contributed by atoms with Crippen LogP contribution in [0, 0.1) is 5.82 Å². The van der Waals surface area contributed by atoms with Crippen LogP contribution in [-0.4, -0.2) is 48.8 Å². The minimum Gasteiger partial charge on any atom is -0.296 e. The fourth-order valence-electron chi connectivity index (χ4n) is 2.80. The van der Waals surface area contributed by atoms with Crippen molar-refractivity contribution in [2.75, 3.05) is 26.2 Å². The minimum atomic E-state index is -3.37. The molecule has 0 N–H and O–H groups in total. The zero-order chi connectivity index (χ0) is 17.0. The van der Waals surface area contributed by atoms with Crippen LogP contribution in [0.3, 0.4) is 0 Å². The van der Waals surface area contributed by atoms with E-state index in [1.807, 2.05) is 18.3 Å². The van der Waals surface area contributed by atoms with E-state index in [-0.39, 0.29) is 11.6 Å². The molecule has 1 saturated heterocycles. The van der Waals surface area contributed by atoms with Crippen LogP contribution in [0.1, 0.15) is 11.1 Å². The number of hydrogen-bond acceptors (Lipinski definition) is 4. The van der Waals surface area contributed by atoms with Crippen LogP contribution >= 0.6 is 0 Å². The molecule has 2 heterocycles. The molecule has 0 radical (unpaired) electrons. The summed E-state index contributed by atoms with van der Waals surface area (Å²) in [5, 5.41) is 0. The lowest BCUT2D eigenvalue weighted by Gasteiger charge is -2.34. The summed E-state index contributed by atoms with van der Waals surface area (Å²) in [5.74, 6) is -0.448. The van der Waals surface area contributed by atoms with Gasteiger partial charge in [-0.3, -0.25) is 9.88 Å². The van der Waals surface area contributed by atoms with Crippen molar-refractivity contribution in [1.82, 2.24) is 14.2 Å². The number of nitrogens with zero attached hydrogens (tertiary/aromatic N) is 3. The number of hydrogen-bond donors (Lipinski definition) is 0. The van der Waals surface area contributed by atoms with Crippen molar-refractivity contribution in [3.63, 3.8) is 0 Å². The summed E-state index contributed by atoms with van der Waals surface area (Å²) in [6, 6.07) is 9.54. The molecule has 7 heteroatoms. The maximum Gasteiger partial charge on any atom is 0.218 e. The number of rotatable bonds is 5. The minimum absolute atomic E-state index is 0.0874. The summed E-state index contributed by atoms with van der Waals surface area (Å²) in [7, 11) is -3.37. The first-order valence-electron chi connectivity index (χ1n) is 7.86. The number of halogens is 1. The van der Waals surface area contributed by atoms with Gasteiger partial charge in [0.1, 0.15) is 5.82 Å². The Hall–Kier alpha value is -1.83. The second kappa shape index (κ2) is 7.38. The molecule has 1 fully saturated rings. The van der Waals surface area contributed by atoms with Crippen LogP contribution in [0.15, 0.2) is 48.8 Å². The maximum atomic E-state index is 12.9. The molecule has 0 amide bonds. The van der Waals surface area contributed by atoms with E-state index in [1.54, 1.807) is 6.20 Å². The molecule has 0 unspecified atom stereocenters. The Labute approximate surface area is 141 Å². The smallest absolute Gasteiger partial charge is 0.218 e. The van der Waals surface area contributed by atoms with E-state index in [2.05, 4.69) is 9.88 Å². The molecule has 0 bridgehead atoms. The highest BCUT2D eigenvalue weighted by atomic mass is 32.2. The van der Waals surface area contributed by atoms with Gasteiger partial charge in [-0.15, -0.1) is 0 Å². The summed E-state index contributed by atoms with van der Waals surface area (Å²) in [4.78, 5) is 6.32. The maximum absolute atomic E-state index is 12.9. The van der Waals surface area contributed by atoms with Crippen molar-refractivity contribution in [1.29, 1.82) is 0 Å². The number of piperazine rings is 1. The second-order valence-corrected chi connectivity index (χ2v) is 7.89. The molecule has 3 rings (SSSR count). The van der Waals surface area contributed by atoms with Crippen molar-refractivity contribution < 1.29 is 12.8 Å². The Kier molecular flexibility index (Phi) is 5.23. The van der Waals surface area contributed by atoms with Crippen molar-refractivity contribution in [2.45, 2.75) is 12.3 Å². The van der Waals surface area contributed by atoms with E-state index in [0.29, 0.717) is 31.7 Å². The summed E-state index contributed by atoms with van der Waals surface area (Å²) in [6.45, 7) is 3.11. The first kappa shape index (κ1) is 17.0. The zero-order valence-corrected chi connectivity index (χ0v) is 14.1. The van der Waals surface area contributed by atoms with Crippen LogP contribution in [0.5, 0.6) is 0 Å². The van der Waals surface area contributed by atoms with E-state index in [0.717, 1.165) is 12.1 Å². The monoisotopic (exact) mass is 349 g/mol. The largest absolute Gasteiger partial charge is 0.296 e. The number of sulfonamides is 1. The van der Waals surface area contributed by atoms with Crippen LogP contribution in [0.4, 0.5) is 4.39 Å². The van der Waals surface area contributed by atoms with Gasteiger partial charge in [-0.2, -0.15) is 4.31 Å². The quantitative estimate of drug-likeness (QED) is 0.827. The molecule has 1 aliphatic heterocycles. The Morgan fingerprint density at radius 2 is 1.71 bits per heavy atom. The van der Waals surface area contributed by atoms with Gasteiger partial charge in [0, 0.05) is 45.1 Å². The lowest BCUT2D eigenvalue weighted by molar-refractivity contribution is 0.181. The van der Waals surface area contributed by atoms with Gasteiger partial charge in [-0.05, 0) is 29.3 Å². The van der Waals surface area contributed by atoms with E-state index >= 15 is 0 Å². The molecule has 24 heavy (non-hydrogen) atoms. The van der Waals surface area contributed by atoms with Gasteiger partial charge in [0.25, 0.3) is 0 Å². The number of benzene rings is 1. The SMILES string of the molecule is O=S(=O)(Cc1ccc(F)cc1)N1CCN(Cc2cccnc2)CC1. The third kappa shape index (κ3) is 4.37. The summed E-state index contributed by atoms with van der Waals surface area (Å²) in [6.07, 6.45) is 3.57. The Morgan fingerprint density at radius 1 is 1.00 bits per heavy atom. The van der Waals surface area contributed by atoms with E-state index in [4.69, 9.17) is 0 Å². The van der Waals surface area contributed by atoms with Gasteiger partial charge in [-0.25, -0.2) is 12.8 Å². The highest BCUT2D eigenvalue weighted by Crippen LogP contribution is 2.15. The Bertz CT molecular complexity index is 758. The summed E-state index contributed by atoms with van der Waals surface area (Å²) in [5.41, 5.74) is 1.73. The Morgan fingerprint density at radius 3 is 2.33 bits per heavy atom. The molecular weight excluding hydrogens is 329 g/mol. The summed E-state index contributed by atoms with van der Waals surface area (Å²) < 4.78 is 39.5. The zero-order valence-electron chi connectivity index (χ0n) is 13.3. The van der Waals surface area contributed by atoms with E-state index in [1.165, 1.54) is 28.6 Å².